The molecule has 31 heavy (non-hydrogen) atoms. The summed E-state index contributed by atoms with van der Waals surface area (Å²) in [5.74, 6) is 0. The van der Waals surface area contributed by atoms with Gasteiger partial charge in [0.2, 0.25) is 0 Å². The summed E-state index contributed by atoms with van der Waals surface area (Å²) >= 11 is 0. The summed E-state index contributed by atoms with van der Waals surface area (Å²) in [6, 6.07) is 9.08. The Morgan fingerprint density at radius 3 is 1.32 bits per heavy atom. The highest BCUT2D eigenvalue weighted by molar-refractivity contribution is 7.86. The van der Waals surface area contributed by atoms with Crippen LogP contribution in [0.3, 0.4) is 0 Å². The first-order valence-corrected chi connectivity index (χ1v) is 14.6. The van der Waals surface area contributed by atoms with Crippen molar-refractivity contribution in [1.29, 1.82) is 0 Å². The maximum atomic E-state index is 11.7. The van der Waals surface area contributed by atoms with Crippen LogP contribution in [0.25, 0.3) is 0 Å². The molecule has 0 aliphatic carbocycles. The second-order valence-electron chi connectivity index (χ2n) is 9.21. The fourth-order valence-corrected chi connectivity index (χ4v) is 5.35. The minimum absolute atomic E-state index is 0.502. The van der Waals surface area contributed by atoms with E-state index in [0.717, 1.165) is 19.3 Å². The van der Waals surface area contributed by atoms with Crippen LogP contribution >= 0.6 is 0 Å². The van der Waals surface area contributed by atoms with E-state index in [1.165, 1.54) is 96.3 Å². The van der Waals surface area contributed by atoms with E-state index in [-0.39, 0.29) is 0 Å². The monoisotopic (exact) mass is 452 g/mol. The van der Waals surface area contributed by atoms with Gasteiger partial charge in [-0.2, -0.15) is 8.42 Å². The first-order valence-electron chi connectivity index (χ1n) is 13.1. The Morgan fingerprint density at radius 2 is 0.968 bits per heavy atom. The van der Waals surface area contributed by atoms with Crippen molar-refractivity contribution in [1.82, 2.24) is 0 Å². The standard InChI is InChI=1S/C27H48O3S/c1-2-3-4-5-6-7-8-9-10-11-12-13-14-15-16-17-18-22-25-27(31(28,29)30)26-23-20-19-21-24-26/h19-21,23-24,27H,2-18,22,25H2,1H3,(H,28,29,30). The van der Waals surface area contributed by atoms with Crippen LogP contribution in [0.4, 0.5) is 0 Å². The molecule has 3 nitrogen and oxygen atoms in total. The van der Waals surface area contributed by atoms with E-state index in [4.69, 9.17) is 0 Å². The molecule has 1 aromatic carbocycles. The zero-order valence-corrected chi connectivity index (χ0v) is 20.9. The van der Waals surface area contributed by atoms with E-state index >= 15 is 0 Å². The summed E-state index contributed by atoms with van der Waals surface area (Å²) in [6.45, 7) is 2.28. The normalized spacial score (nSPS) is 12.8. The number of hydrogen-bond donors (Lipinski definition) is 1. The van der Waals surface area contributed by atoms with Gasteiger partial charge in [-0.15, -0.1) is 0 Å². The fraction of sp³-hybridized carbons (Fsp3) is 0.778. The molecule has 180 valence electrons. The van der Waals surface area contributed by atoms with Crippen molar-refractivity contribution in [2.24, 2.45) is 0 Å². The van der Waals surface area contributed by atoms with Gasteiger partial charge in [0, 0.05) is 0 Å². The molecule has 0 saturated carbocycles. The Morgan fingerprint density at radius 1 is 0.613 bits per heavy atom. The molecule has 0 aliphatic rings. The third-order valence-corrected chi connectivity index (χ3v) is 7.58. The van der Waals surface area contributed by atoms with Gasteiger partial charge < -0.3 is 0 Å². The molecule has 1 unspecified atom stereocenters. The molecule has 0 fully saturated rings. The Labute approximate surface area is 193 Å². The lowest BCUT2D eigenvalue weighted by Crippen LogP contribution is -2.12. The van der Waals surface area contributed by atoms with Crippen molar-refractivity contribution >= 4 is 10.1 Å². The molecule has 0 heterocycles. The van der Waals surface area contributed by atoms with Gasteiger partial charge in [0.1, 0.15) is 5.25 Å². The van der Waals surface area contributed by atoms with Gasteiger partial charge in [0.25, 0.3) is 10.1 Å². The van der Waals surface area contributed by atoms with E-state index in [9.17, 15) is 13.0 Å². The minimum Gasteiger partial charge on any atom is -0.285 e. The molecule has 1 rings (SSSR count). The van der Waals surface area contributed by atoms with Gasteiger partial charge in [-0.1, -0.05) is 153 Å². The first kappa shape index (κ1) is 28.2. The van der Waals surface area contributed by atoms with Crippen LogP contribution < -0.4 is 0 Å². The summed E-state index contributed by atoms with van der Waals surface area (Å²) in [6.07, 6.45) is 24.2. The lowest BCUT2D eigenvalue weighted by atomic mass is 10.0. The van der Waals surface area contributed by atoms with Crippen LogP contribution in [0, 0.1) is 0 Å². The Hall–Kier alpha value is -0.870. The molecule has 4 heteroatoms. The maximum Gasteiger partial charge on any atom is 0.271 e. The average Bonchev–Trinajstić information content (AvgIpc) is 2.75. The SMILES string of the molecule is CCCCCCCCCCCCCCCCCCCCC(c1ccccc1)S(=O)(=O)O. The molecule has 1 atom stereocenters. The number of benzene rings is 1. The summed E-state index contributed by atoms with van der Waals surface area (Å²) in [5.41, 5.74) is 0.692. The molecule has 0 amide bonds. The third-order valence-electron chi connectivity index (χ3n) is 6.35. The van der Waals surface area contributed by atoms with Crippen molar-refractivity contribution in [3.8, 4) is 0 Å². The van der Waals surface area contributed by atoms with Crippen molar-refractivity contribution in [3.63, 3.8) is 0 Å². The highest BCUT2D eigenvalue weighted by atomic mass is 32.2. The second-order valence-corrected chi connectivity index (χ2v) is 10.8. The largest absolute Gasteiger partial charge is 0.285 e. The minimum atomic E-state index is -4.04. The Balaban J connectivity index is 1.90. The molecule has 1 aromatic rings. The smallest absolute Gasteiger partial charge is 0.271 e. The number of rotatable bonds is 21. The molecule has 1 N–H and O–H groups in total. The van der Waals surface area contributed by atoms with Gasteiger partial charge in [-0.05, 0) is 12.0 Å². The highest BCUT2D eigenvalue weighted by Gasteiger charge is 2.24. The summed E-state index contributed by atoms with van der Waals surface area (Å²) in [5, 5.41) is -0.783. The average molecular weight is 453 g/mol. The molecule has 0 bridgehead atoms. The highest BCUT2D eigenvalue weighted by Crippen LogP contribution is 2.27. The molecular weight excluding hydrogens is 404 g/mol. The zero-order valence-electron chi connectivity index (χ0n) is 20.1. The fourth-order valence-electron chi connectivity index (χ4n) is 4.39. The van der Waals surface area contributed by atoms with Crippen LogP contribution in [-0.4, -0.2) is 13.0 Å². The van der Waals surface area contributed by atoms with Gasteiger partial charge in [0.05, 0.1) is 0 Å². The molecule has 0 aliphatic heterocycles. The molecular formula is C27H48O3S. The lowest BCUT2D eigenvalue weighted by Gasteiger charge is -2.14. The van der Waals surface area contributed by atoms with Gasteiger partial charge >= 0.3 is 0 Å². The zero-order chi connectivity index (χ0) is 22.6. The van der Waals surface area contributed by atoms with E-state index in [2.05, 4.69) is 6.92 Å². The van der Waals surface area contributed by atoms with E-state index < -0.39 is 15.4 Å². The topological polar surface area (TPSA) is 54.4 Å². The van der Waals surface area contributed by atoms with Crippen LogP contribution in [-0.2, 0) is 10.1 Å². The van der Waals surface area contributed by atoms with E-state index in [1.54, 1.807) is 12.1 Å². The van der Waals surface area contributed by atoms with Crippen molar-refractivity contribution in [3.05, 3.63) is 35.9 Å². The van der Waals surface area contributed by atoms with Gasteiger partial charge in [-0.25, -0.2) is 0 Å². The molecule has 0 aromatic heterocycles. The van der Waals surface area contributed by atoms with Crippen molar-refractivity contribution in [2.75, 3.05) is 0 Å². The van der Waals surface area contributed by atoms with Crippen LogP contribution in [0.1, 0.15) is 140 Å². The van der Waals surface area contributed by atoms with E-state index in [0.29, 0.717) is 12.0 Å². The molecule has 0 spiro atoms. The van der Waals surface area contributed by atoms with Crippen molar-refractivity contribution < 1.29 is 13.0 Å². The van der Waals surface area contributed by atoms with Crippen LogP contribution in [0.15, 0.2) is 30.3 Å². The molecule has 0 radical (unpaired) electrons. The summed E-state index contributed by atoms with van der Waals surface area (Å²) < 4.78 is 32.9. The predicted molar refractivity (Wildman–Crippen MR) is 134 cm³/mol. The van der Waals surface area contributed by atoms with Gasteiger partial charge in [-0.3, -0.25) is 4.55 Å². The molecule has 0 saturated heterocycles. The summed E-state index contributed by atoms with van der Waals surface area (Å²) in [7, 11) is -4.04. The first-order chi connectivity index (χ1) is 15.1. The van der Waals surface area contributed by atoms with Crippen LogP contribution in [0.5, 0.6) is 0 Å². The number of hydrogen-bond acceptors (Lipinski definition) is 2. The number of unbranched alkanes of at least 4 members (excludes halogenated alkanes) is 17. The third kappa shape index (κ3) is 15.6. The van der Waals surface area contributed by atoms with Crippen molar-refractivity contribution in [2.45, 2.75) is 134 Å². The predicted octanol–water partition coefficient (Wildman–Crippen LogP) is 9.05. The van der Waals surface area contributed by atoms with Gasteiger partial charge in [0.15, 0.2) is 0 Å². The quantitative estimate of drug-likeness (QED) is 0.149. The van der Waals surface area contributed by atoms with E-state index in [1.807, 2.05) is 18.2 Å². The summed E-state index contributed by atoms with van der Waals surface area (Å²) in [4.78, 5) is 0. The Bertz CT molecular complexity index is 613. The second kappa shape index (κ2) is 18.7. The maximum absolute atomic E-state index is 11.7. The van der Waals surface area contributed by atoms with Crippen LogP contribution in [0.2, 0.25) is 0 Å². The lowest BCUT2D eigenvalue weighted by molar-refractivity contribution is 0.458. The Kier molecular flexibility index (Phi) is 17.0.